The molecule has 0 bridgehead atoms. The van der Waals surface area contributed by atoms with E-state index in [1.165, 1.54) is 148 Å². The van der Waals surface area contributed by atoms with Gasteiger partial charge < -0.3 is 40.3 Å². The Balaban J connectivity index is 2.00. The van der Waals surface area contributed by atoms with Crippen molar-refractivity contribution >= 4 is 5.91 Å². The molecular formula is C61H109NO8. The quantitative estimate of drug-likeness (QED) is 0.0261. The summed E-state index contributed by atoms with van der Waals surface area (Å²) in [7, 11) is 0. The predicted octanol–water partition coefficient (Wildman–Crippen LogP) is 14.5. The number of hydrogen-bond acceptors (Lipinski definition) is 8. The highest BCUT2D eigenvalue weighted by Crippen LogP contribution is 2.23. The van der Waals surface area contributed by atoms with Gasteiger partial charge in [-0.2, -0.15) is 0 Å². The Kier molecular flexibility index (Phi) is 47.1. The van der Waals surface area contributed by atoms with E-state index >= 15 is 0 Å². The fraction of sp³-hybridized carbons (Fsp3) is 0.787. The first-order valence-corrected chi connectivity index (χ1v) is 29.1. The third kappa shape index (κ3) is 39.2. The topological polar surface area (TPSA) is 149 Å². The Morgan fingerprint density at radius 2 is 0.886 bits per heavy atom. The molecule has 0 radical (unpaired) electrons. The number of aliphatic hydroxyl groups is 5. The van der Waals surface area contributed by atoms with Crippen LogP contribution in [0.5, 0.6) is 0 Å². The molecule has 1 aliphatic rings. The maximum absolute atomic E-state index is 13.0. The number of aliphatic hydroxyl groups excluding tert-OH is 5. The molecule has 9 nitrogen and oxygen atoms in total. The number of hydrogen-bond donors (Lipinski definition) is 6. The molecule has 1 fully saturated rings. The van der Waals surface area contributed by atoms with Gasteiger partial charge in [-0.3, -0.25) is 4.79 Å². The van der Waals surface area contributed by atoms with E-state index in [1.807, 2.05) is 0 Å². The minimum Gasteiger partial charge on any atom is -0.394 e. The number of carbonyl (C=O) groups is 1. The minimum absolute atomic E-state index is 0.138. The maximum Gasteiger partial charge on any atom is 0.220 e. The summed E-state index contributed by atoms with van der Waals surface area (Å²) >= 11 is 0. The molecule has 0 aromatic rings. The number of amides is 1. The van der Waals surface area contributed by atoms with Crippen molar-refractivity contribution in [2.24, 2.45) is 0 Å². The van der Waals surface area contributed by atoms with Crippen molar-refractivity contribution in [1.82, 2.24) is 5.32 Å². The van der Waals surface area contributed by atoms with Crippen molar-refractivity contribution in [2.45, 2.75) is 294 Å². The van der Waals surface area contributed by atoms with E-state index in [0.29, 0.717) is 12.8 Å². The molecule has 9 heteroatoms. The molecule has 1 amide bonds. The average molecular weight is 985 g/mol. The molecule has 0 aromatic carbocycles. The van der Waals surface area contributed by atoms with Crippen LogP contribution >= 0.6 is 0 Å². The van der Waals surface area contributed by atoms with Gasteiger partial charge >= 0.3 is 0 Å². The number of ether oxygens (including phenoxy) is 2. The standard InChI is InChI=1S/C61H109NO8/c1-3-5-7-9-11-13-14-15-16-17-18-19-20-21-22-23-24-25-26-27-28-29-30-31-32-33-34-35-36-37-38-39-40-41-42-43-45-47-49-51-57(65)62-54(55(64)50-48-46-44-12-10-8-6-4-2)53-69-61-60(68)59(67)58(66)56(52-63)70-61/h5,7,11,13,15-16,18-19,21-22,24-25,54-56,58-61,63-64,66-68H,3-4,6,8-10,12,14,17,20,23,26-53H2,1-2H3,(H,62,65)/b7-5-,13-11-,16-15-,19-18-,22-21-,25-24-. The van der Waals surface area contributed by atoms with Gasteiger partial charge in [0.05, 0.1) is 25.4 Å². The average Bonchev–Trinajstić information content (AvgIpc) is 3.36. The molecule has 406 valence electrons. The van der Waals surface area contributed by atoms with E-state index in [-0.39, 0.29) is 12.5 Å². The normalized spacial score (nSPS) is 19.9. The van der Waals surface area contributed by atoms with Crippen LogP contribution in [0.25, 0.3) is 0 Å². The zero-order chi connectivity index (χ0) is 50.8. The molecule has 1 heterocycles. The van der Waals surface area contributed by atoms with Crippen LogP contribution in [0, 0.1) is 0 Å². The first-order chi connectivity index (χ1) is 34.3. The van der Waals surface area contributed by atoms with Crippen LogP contribution in [-0.4, -0.2) is 87.5 Å². The number of allylic oxidation sites excluding steroid dienone is 12. The summed E-state index contributed by atoms with van der Waals surface area (Å²) < 4.78 is 11.2. The van der Waals surface area contributed by atoms with E-state index in [0.717, 1.165) is 77.0 Å². The SMILES string of the molecule is CC/C=C\C/C=C\C/C=C\C/C=C\C/C=C\C/C=C\CCCCCCCCCCCCCCCCCCCCCCC(=O)NC(COC1OC(CO)C(O)C(O)C1O)C(O)CCCCCCCCCC. The molecular weight excluding hydrogens is 875 g/mol. The molecule has 6 N–H and O–H groups in total. The Labute approximate surface area is 429 Å². The lowest BCUT2D eigenvalue weighted by atomic mass is 9.99. The fourth-order valence-electron chi connectivity index (χ4n) is 8.99. The van der Waals surface area contributed by atoms with Gasteiger partial charge in [-0.05, 0) is 64.2 Å². The van der Waals surface area contributed by atoms with E-state index in [4.69, 9.17) is 9.47 Å². The van der Waals surface area contributed by atoms with Gasteiger partial charge in [-0.15, -0.1) is 0 Å². The van der Waals surface area contributed by atoms with Crippen molar-refractivity contribution in [3.05, 3.63) is 72.9 Å². The van der Waals surface area contributed by atoms with Gasteiger partial charge in [0.2, 0.25) is 5.91 Å². The van der Waals surface area contributed by atoms with Gasteiger partial charge in [0, 0.05) is 6.42 Å². The molecule has 1 aliphatic heterocycles. The van der Waals surface area contributed by atoms with Crippen LogP contribution in [-0.2, 0) is 14.3 Å². The molecule has 0 aliphatic carbocycles. The Morgan fingerprint density at radius 3 is 1.31 bits per heavy atom. The third-order valence-electron chi connectivity index (χ3n) is 13.6. The first-order valence-electron chi connectivity index (χ1n) is 29.1. The molecule has 1 saturated heterocycles. The minimum atomic E-state index is -1.55. The lowest BCUT2D eigenvalue weighted by Gasteiger charge is -2.40. The highest BCUT2D eigenvalue weighted by Gasteiger charge is 2.44. The maximum atomic E-state index is 13.0. The monoisotopic (exact) mass is 984 g/mol. The van der Waals surface area contributed by atoms with Crippen LogP contribution in [0.4, 0.5) is 0 Å². The number of rotatable bonds is 49. The highest BCUT2D eigenvalue weighted by molar-refractivity contribution is 5.76. The molecule has 1 rings (SSSR count). The lowest BCUT2D eigenvalue weighted by molar-refractivity contribution is -0.302. The second-order valence-electron chi connectivity index (χ2n) is 20.1. The van der Waals surface area contributed by atoms with Crippen molar-refractivity contribution in [1.29, 1.82) is 0 Å². The van der Waals surface area contributed by atoms with Crippen LogP contribution < -0.4 is 5.32 Å². The van der Waals surface area contributed by atoms with E-state index in [9.17, 15) is 30.3 Å². The van der Waals surface area contributed by atoms with Crippen LogP contribution in [0.2, 0.25) is 0 Å². The first kappa shape index (κ1) is 65.6. The fourth-order valence-corrected chi connectivity index (χ4v) is 8.99. The van der Waals surface area contributed by atoms with Crippen LogP contribution in [0.15, 0.2) is 72.9 Å². The predicted molar refractivity (Wildman–Crippen MR) is 295 cm³/mol. The van der Waals surface area contributed by atoms with Crippen molar-refractivity contribution in [2.75, 3.05) is 13.2 Å². The van der Waals surface area contributed by atoms with Crippen molar-refractivity contribution < 1.29 is 39.8 Å². The van der Waals surface area contributed by atoms with Crippen LogP contribution in [0.3, 0.4) is 0 Å². The molecule has 0 saturated carbocycles. The summed E-state index contributed by atoms with van der Waals surface area (Å²) in [5.41, 5.74) is 0. The van der Waals surface area contributed by atoms with Gasteiger partial charge in [0.15, 0.2) is 6.29 Å². The van der Waals surface area contributed by atoms with Gasteiger partial charge in [0.1, 0.15) is 24.4 Å². The molecule has 7 atom stereocenters. The van der Waals surface area contributed by atoms with Gasteiger partial charge in [-0.1, -0.05) is 254 Å². The zero-order valence-corrected chi connectivity index (χ0v) is 45.0. The Hall–Kier alpha value is -2.37. The summed E-state index contributed by atoms with van der Waals surface area (Å²) in [6.45, 7) is 3.69. The third-order valence-corrected chi connectivity index (χ3v) is 13.6. The summed E-state index contributed by atoms with van der Waals surface area (Å²) in [5, 5.41) is 54.3. The number of unbranched alkanes of at least 4 members (excludes halogenated alkanes) is 27. The highest BCUT2D eigenvalue weighted by atomic mass is 16.7. The largest absolute Gasteiger partial charge is 0.394 e. The second kappa shape index (κ2) is 50.2. The summed E-state index contributed by atoms with van der Waals surface area (Å²) in [6, 6.07) is -0.717. The number of carbonyl (C=O) groups excluding carboxylic acids is 1. The van der Waals surface area contributed by atoms with Crippen LogP contribution in [0.1, 0.15) is 251 Å². The smallest absolute Gasteiger partial charge is 0.220 e. The second-order valence-corrected chi connectivity index (χ2v) is 20.1. The molecule has 70 heavy (non-hydrogen) atoms. The summed E-state index contributed by atoms with van der Waals surface area (Å²) in [6.07, 6.45) is 62.6. The summed E-state index contributed by atoms with van der Waals surface area (Å²) in [4.78, 5) is 13.0. The number of nitrogens with one attached hydrogen (secondary N) is 1. The lowest BCUT2D eigenvalue weighted by Crippen LogP contribution is -2.60. The van der Waals surface area contributed by atoms with Crippen molar-refractivity contribution in [3.8, 4) is 0 Å². The Morgan fingerprint density at radius 1 is 0.500 bits per heavy atom. The zero-order valence-electron chi connectivity index (χ0n) is 45.0. The van der Waals surface area contributed by atoms with E-state index in [2.05, 4.69) is 92.1 Å². The molecule has 7 unspecified atom stereocenters. The Bertz CT molecular complexity index is 1330. The van der Waals surface area contributed by atoms with Gasteiger partial charge in [-0.25, -0.2) is 0 Å². The van der Waals surface area contributed by atoms with Crippen molar-refractivity contribution in [3.63, 3.8) is 0 Å². The van der Waals surface area contributed by atoms with E-state index in [1.54, 1.807) is 0 Å². The van der Waals surface area contributed by atoms with Gasteiger partial charge in [0.25, 0.3) is 0 Å². The van der Waals surface area contributed by atoms with E-state index < -0.39 is 49.5 Å². The molecule has 0 spiro atoms. The summed E-state index contributed by atoms with van der Waals surface area (Å²) in [5.74, 6) is -0.146. The molecule has 0 aromatic heterocycles.